The summed E-state index contributed by atoms with van der Waals surface area (Å²) < 4.78 is 40.3. The van der Waals surface area contributed by atoms with Gasteiger partial charge in [0.05, 0.1) is 10.9 Å². The number of benzene rings is 2. The minimum Gasteiger partial charge on any atom is -0.352 e. The van der Waals surface area contributed by atoms with Gasteiger partial charge in [-0.3, -0.25) is 9.69 Å². The highest BCUT2D eigenvalue weighted by atomic mass is 32.2. The van der Waals surface area contributed by atoms with Crippen molar-refractivity contribution >= 4 is 15.9 Å². The maximum atomic E-state index is 13.4. The van der Waals surface area contributed by atoms with Gasteiger partial charge in [-0.2, -0.15) is 4.31 Å². The van der Waals surface area contributed by atoms with E-state index >= 15 is 0 Å². The van der Waals surface area contributed by atoms with E-state index in [1.54, 1.807) is 0 Å². The molecule has 2 aromatic carbocycles. The van der Waals surface area contributed by atoms with Gasteiger partial charge < -0.3 is 5.32 Å². The van der Waals surface area contributed by atoms with E-state index in [1.165, 1.54) is 28.1 Å². The third-order valence-corrected chi connectivity index (χ3v) is 7.63. The van der Waals surface area contributed by atoms with Crippen LogP contribution in [0.4, 0.5) is 4.39 Å². The van der Waals surface area contributed by atoms with Crippen molar-refractivity contribution in [1.29, 1.82) is 0 Å². The first-order valence-electron chi connectivity index (χ1n) is 10.6. The van der Waals surface area contributed by atoms with Crippen LogP contribution in [0.1, 0.15) is 25.8 Å². The maximum absolute atomic E-state index is 13.4. The summed E-state index contributed by atoms with van der Waals surface area (Å²) in [4.78, 5) is 14.6. The second-order valence-corrected chi connectivity index (χ2v) is 9.95. The van der Waals surface area contributed by atoms with Gasteiger partial charge in [-0.15, -0.1) is 0 Å². The molecule has 0 aromatic heterocycles. The van der Waals surface area contributed by atoms with E-state index in [1.807, 2.05) is 36.9 Å². The van der Waals surface area contributed by atoms with Gasteiger partial charge in [-0.25, -0.2) is 12.8 Å². The Morgan fingerprint density at radius 2 is 1.71 bits per heavy atom. The molecular formula is C23H30FN3O3S. The summed E-state index contributed by atoms with van der Waals surface area (Å²) in [7, 11) is -3.74. The number of sulfonamides is 1. The Morgan fingerprint density at radius 1 is 1.03 bits per heavy atom. The van der Waals surface area contributed by atoms with E-state index in [4.69, 9.17) is 0 Å². The summed E-state index contributed by atoms with van der Waals surface area (Å²) in [6.07, 6.45) is 1.75. The number of nitrogens with one attached hydrogen (secondary N) is 1. The smallest absolute Gasteiger partial charge is 0.243 e. The average molecular weight is 448 g/mol. The van der Waals surface area contributed by atoms with Crippen molar-refractivity contribution in [2.75, 3.05) is 26.2 Å². The van der Waals surface area contributed by atoms with E-state index in [-0.39, 0.29) is 36.0 Å². The highest BCUT2D eigenvalue weighted by molar-refractivity contribution is 7.89. The predicted molar refractivity (Wildman–Crippen MR) is 119 cm³/mol. The molecule has 0 bridgehead atoms. The molecule has 0 radical (unpaired) electrons. The molecule has 2 aromatic rings. The quantitative estimate of drug-likeness (QED) is 0.676. The fraction of sp³-hybridized carbons (Fsp3) is 0.435. The second-order valence-electron chi connectivity index (χ2n) is 8.01. The van der Waals surface area contributed by atoms with Crippen LogP contribution in [-0.4, -0.2) is 61.8 Å². The predicted octanol–water partition coefficient (Wildman–Crippen LogP) is 2.66. The third-order valence-electron chi connectivity index (χ3n) is 5.73. The summed E-state index contributed by atoms with van der Waals surface area (Å²) in [6, 6.07) is 14.9. The number of carbonyl (C=O) groups excluding carboxylic acids is 1. The van der Waals surface area contributed by atoms with Crippen LogP contribution in [0.25, 0.3) is 0 Å². The normalized spacial score (nSPS) is 17.8. The largest absolute Gasteiger partial charge is 0.352 e. The number of aryl methyl sites for hydroxylation is 1. The molecule has 1 N–H and O–H groups in total. The molecule has 1 amide bonds. The molecule has 1 fully saturated rings. The molecule has 1 heterocycles. The van der Waals surface area contributed by atoms with Crippen molar-refractivity contribution in [3.05, 3.63) is 66.0 Å². The molecule has 1 aliphatic heterocycles. The lowest BCUT2D eigenvalue weighted by molar-refractivity contribution is -0.127. The Bertz CT molecular complexity index is 977. The first-order chi connectivity index (χ1) is 14.8. The first kappa shape index (κ1) is 23.4. The molecule has 168 valence electrons. The van der Waals surface area contributed by atoms with Gasteiger partial charge in [0, 0.05) is 32.2 Å². The van der Waals surface area contributed by atoms with Crippen molar-refractivity contribution in [2.24, 2.45) is 0 Å². The summed E-state index contributed by atoms with van der Waals surface area (Å²) in [5.41, 5.74) is 1.24. The zero-order chi connectivity index (χ0) is 22.4. The molecule has 2 atom stereocenters. The SMILES string of the molecule is CC(CCc1ccccc1)NC(=O)C(C)N1CCN(S(=O)(=O)c2cccc(F)c2)CC1. The van der Waals surface area contributed by atoms with Crippen LogP contribution < -0.4 is 5.32 Å². The lowest BCUT2D eigenvalue weighted by atomic mass is 10.1. The molecule has 1 aliphatic rings. The Morgan fingerprint density at radius 3 is 2.35 bits per heavy atom. The van der Waals surface area contributed by atoms with Crippen molar-refractivity contribution in [1.82, 2.24) is 14.5 Å². The molecule has 2 unspecified atom stereocenters. The molecule has 0 saturated carbocycles. The molecule has 3 rings (SSSR count). The summed E-state index contributed by atoms with van der Waals surface area (Å²) >= 11 is 0. The monoisotopic (exact) mass is 447 g/mol. The minimum atomic E-state index is -3.74. The Kier molecular flexibility index (Phi) is 7.80. The lowest BCUT2D eigenvalue weighted by Crippen LogP contribution is -2.55. The van der Waals surface area contributed by atoms with Crippen LogP contribution in [0.3, 0.4) is 0 Å². The molecule has 6 nitrogen and oxygen atoms in total. The minimum absolute atomic E-state index is 0.0426. The van der Waals surface area contributed by atoms with Crippen LogP contribution in [0.5, 0.6) is 0 Å². The van der Waals surface area contributed by atoms with E-state index in [0.717, 1.165) is 18.9 Å². The van der Waals surface area contributed by atoms with E-state index < -0.39 is 15.8 Å². The lowest BCUT2D eigenvalue weighted by Gasteiger charge is -2.37. The number of carbonyl (C=O) groups is 1. The van der Waals surface area contributed by atoms with Crippen LogP contribution in [0, 0.1) is 5.82 Å². The molecule has 8 heteroatoms. The van der Waals surface area contributed by atoms with E-state index in [0.29, 0.717) is 13.1 Å². The number of nitrogens with zero attached hydrogens (tertiary/aromatic N) is 2. The fourth-order valence-electron chi connectivity index (χ4n) is 3.74. The zero-order valence-corrected chi connectivity index (χ0v) is 18.8. The van der Waals surface area contributed by atoms with Crippen LogP contribution in [-0.2, 0) is 21.2 Å². The topological polar surface area (TPSA) is 69.7 Å². The second kappa shape index (κ2) is 10.3. The molecule has 1 saturated heterocycles. The number of rotatable bonds is 8. The average Bonchev–Trinajstić information content (AvgIpc) is 2.78. The van der Waals surface area contributed by atoms with Crippen LogP contribution in [0.2, 0.25) is 0 Å². The highest BCUT2D eigenvalue weighted by Crippen LogP contribution is 2.19. The first-order valence-corrected chi connectivity index (χ1v) is 12.1. The Hall–Kier alpha value is -2.29. The van der Waals surface area contributed by atoms with Crippen molar-refractivity contribution < 1.29 is 17.6 Å². The van der Waals surface area contributed by atoms with Gasteiger partial charge >= 0.3 is 0 Å². The van der Waals surface area contributed by atoms with E-state index in [2.05, 4.69) is 17.4 Å². The maximum Gasteiger partial charge on any atom is 0.243 e. The number of hydrogen-bond donors (Lipinski definition) is 1. The van der Waals surface area contributed by atoms with Crippen molar-refractivity contribution in [2.45, 2.75) is 43.7 Å². The van der Waals surface area contributed by atoms with Crippen molar-refractivity contribution in [3.63, 3.8) is 0 Å². The number of amides is 1. The standard InChI is InChI=1S/C23H30FN3O3S/c1-18(11-12-20-7-4-3-5-8-20)25-23(28)19(2)26-13-15-27(16-14-26)31(29,30)22-10-6-9-21(24)17-22/h3-10,17-19H,11-16H2,1-2H3,(H,25,28). The summed E-state index contributed by atoms with van der Waals surface area (Å²) in [5, 5.41) is 3.07. The van der Waals surface area contributed by atoms with Gasteiger partial charge in [0.15, 0.2) is 0 Å². The van der Waals surface area contributed by atoms with Crippen LogP contribution in [0.15, 0.2) is 59.5 Å². The zero-order valence-electron chi connectivity index (χ0n) is 18.0. The Labute approximate surface area is 184 Å². The number of halogens is 1. The summed E-state index contributed by atoms with van der Waals surface area (Å²) in [5.74, 6) is -0.631. The highest BCUT2D eigenvalue weighted by Gasteiger charge is 2.32. The Balaban J connectivity index is 1.49. The van der Waals surface area contributed by atoms with Crippen molar-refractivity contribution in [3.8, 4) is 0 Å². The molecule has 0 spiro atoms. The van der Waals surface area contributed by atoms with Gasteiger partial charge in [-0.1, -0.05) is 36.4 Å². The van der Waals surface area contributed by atoms with Gasteiger partial charge in [0.25, 0.3) is 0 Å². The van der Waals surface area contributed by atoms with Gasteiger partial charge in [-0.05, 0) is 50.5 Å². The number of piperazine rings is 1. The molecular weight excluding hydrogens is 417 g/mol. The molecule has 0 aliphatic carbocycles. The van der Waals surface area contributed by atoms with Crippen LogP contribution >= 0.6 is 0 Å². The fourth-order valence-corrected chi connectivity index (χ4v) is 5.19. The van der Waals surface area contributed by atoms with Gasteiger partial charge in [0.1, 0.15) is 5.82 Å². The summed E-state index contributed by atoms with van der Waals surface area (Å²) in [6.45, 7) is 5.26. The van der Waals surface area contributed by atoms with E-state index in [9.17, 15) is 17.6 Å². The van der Waals surface area contributed by atoms with Gasteiger partial charge in [0.2, 0.25) is 15.9 Å². The molecule has 31 heavy (non-hydrogen) atoms. The number of hydrogen-bond acceptors (Lipinski definition) is 4. The third kappa shape index (κ3) is 6.12.